The molecule has 2 aromatic rings. The van der Waals surface area contributed by atoms with Crippen molar-refractivity contribution in [2.75, 3.05) is 10.6 Å². The monoisotopic (exact) mass is 314 g/mol. The molecule has 2 amide bonds. The molecule has 2 aromatic carbocycles. The molecule has 23 heavy (non-hydrogen) atoms. The fourth-order valence-electron chi connectivity index (χ4n) is 2.29. The van der Waals surface area contributed by atoms with E-state index >= 15 is 0 Å². The molecule has 0 fully saturated rings. The highest BCUT2D eigenvalue weighted by Crippen LogP contribution is 2.22. The van der Waals surface area contributed by atoms with Crippen LogP contribution >= 0.6 is 0 Å². The van der Waals surface area contributed by atoms with Crippen LogP contribution in [0, 0.1) is 5.82 Å². The Morgan fingerprint density at radius 1 is 0.870 bits per heavy atom. The minimum atomic E-state index is -0.787. The van der Waals surface area contributed by atoms with E-state index in [9.17, 15) is 14.0 Å². The molecule has 0 aliphatic heterocycles. The first kappa shape index (κ1) is 16.7. The van der Waals surface area contributed by atoms with Crippen molar-refractivity contribution < 1.29 is 14.0 Å². The Bertz CT molecular complexity index is 689. The molecule has 5 heteroatoms. The van der Waals surface area contributed by atoms with Gasteiger partial charge in [-0.3, -0.25) is 9.59 Å². The van der Waals surface area contributed by atoms with Gasteiger partial charge in [-0.25, -0.2) is 4.39 Å². The number of rotatable bonds is 4. The van der Waals surface area contributed by atoms with Crippen LogP contribution in [0.4, 0.5) is 15.8 Å². The van der Waals surface area contributed by atoms with E-state index in [0.717, 1.165) is 24.0 Å². The third-order valence-electron chi connectivity index (χ3n) is 3.55. The van der Waals surface area contributed by atoms with Gasteiger partial charge in [-0.1, -0.05) is 32.0 Å². The molecular formula is C18H19FN2O2. The Balaban J connectivity index is 2.12. The van der Waals surface area contributed by atoms with Gasteiger partial charge in [0.1, 0.15) is 5.82 Å². The minimum Gasteiger partial charge on any atom is -0.318 e. The molecule has 2 rings (SSSR count). The molecule has 0 saturated heterocycles. The maximum atomic E-state index is 12.8. The number of para-hydroxylation sites is 1. The highest BCUT2D eigenvalue weighted by molar-refractivity contribution is 6.43. The van der Waals surface area contributed by atoms with E-state index in [2.05, 4.69) is 10.6 Å². The quantitative estimate of drug-likeness (QED) is 0.848. The molecule has 0 spiro atoms. The van der Waals surface area contributed by atoms with Crippen LogP contribution in [-0.2, 0) is 22.4 Å². The maximum absolute atomic E-state index is 12.8. The summed E-state index contributed by atoms with van der Waals surface area (Å²) in [6.45, 7) is 3.98. The van der Waals surface area contributed by atoms with Crippen molar-refractivity contribution in [2.45, 2.75) is 26.7 Å². The van der Waals surface area contributed by atoms with Crippen LogP contribution in [0.2, 0.25) is 0 Å². The van der Waals surface area contributed by atoms with Gasteiger partial charge in [0.25, 0.3) is 0 Å². The van der Waals surface area contributed by atoms with Gasteiger partial charge >= 0.3 is 11.8 Å². The van der Waals surface area contributed by atoms with Crippen LogP contribution in [0.25, 0.3) is 0 Å². The number of hydrogen-bond donors (Lipinski definition) is 2. The third kappa shape index (κ3) is 4.16. The highest BCUT2D eigenvalue weighted by atomic mass is 19.1. The summed E-state index contributed by atoms with van der Waals surface area (Å²) >= 11 is 0. The zero-order chi connectivity index (χ0) is 16.8. The Morgan fingerprint density at radius 2 is 1.39 bits per heavy atom. The lowest BCUT2D eigenvalue weighted by molar-refractivity contribution is -0.133. The fraction of sp³-hybridized carbons (Fsp3) is 0.222. The van der Waals surface area contributed by atoms with E-state index in [0.29, 0.717) is 11.4 Å². The molecule has 120 valence electrons. The zero-order valence-electron chi connectivity index (χ0n) is 13.2. The van der Waals surface area contributed by atoms with Crippen LogP contribution in [0.15, 0.2) is 42.5 Å². The van der Waals surface area contributed by atoms with Crippen LogP contribution < -0.4 is 10.6 Å². The average Bonchev–Trinajstić information content (AvgIpc) is 2.56. The lowest BCUT2D eigenvalue weighted by Gasteiger charge is -2.14. The van der Waals surface area contributed by atoms with Crippen molar-refractivity contribution in [3.63, 3.8) is 0 Å². The summed E-state index contributed by atoms with van der Waals surface area (Å²) in [6, 6.07) is 11.0. The number of aryl methyl sites for hydroxylation is 2. The number of nitrogens with one attached hydrogen (secondary N) is 2. The lowest BCUT2D eigenvalue weighted by Crippen LogP contribution is -2.29. The molecule has 0 unspecified atom stereocenters. The Morgan fingerprint density at radius 3 is 1.91 bits per heavy atom. The van der Waals surface area contributed by atoms with Crippen LogP contribution in [0.5, 0.6) is 0 Å². The predicted octanol–water partition coefficient (Wildman–Crippen LogP) is 3.53. The number of hydrogen-bond acceptors (Lipinski definition) is 2. The van der Waals surface area contributed by atoms with Crippen LogP contribution in [0.1, 0.15) is 25.0 Å². The molecule has 0 aromatic heterocycles. The SMILES string of the molecule is CCc1cccc(CC)c1NC(=O)C(=O)Nc1ccc(F)cc1. The topological polar surface area (TPSA) is 58.2 Å². The van der Waals surface area contributed by atoms with Crippen molar-refractivity contribution in [2.24, 2.45) is 0 Å². The molecule has 0 heterocycles. The Labute approximate surface area is 134 Å². The first-order valence-electron chi connectivity index (χ1n) is 7.53. The number of benzene rings is 2. The Kier molecular flexibility index (Phi) is 5.46. The maximum Gasteiger partial charge on any atom is 0.314 e. The van der Waals surface area contributed by atoms with Gasteiger partial charge in [0.15, 0.2) is 0 Å². The summed E-state index contributed by atoms with van der Waals surface area (Å²) in [5.74, 6) is -1.94. The molecule has 0 bridgehead atoms. The van der Waals surface area contributed by atoms with E-state index in [4.69, 9.17) is 0 Å². The van der Waals surface area contributed by atoms with Crippen LogP contribution in [0.3, 0.4) is 0 Å². The zero-order valence-corrected chi connectivity index (χ0v) is 13.2. The number of anilines is 2. The second kappa shape index (κ2) is 7.54. The van der Waals surface area contributed by atoms with Gasteiger partial charge in [0.2, 0.25) is 0 Å². The van der Waals surface area contributed by atoms with E-state index < -0.39 is 17.6 Å². The molecule has 0 atom stereocenters. The fourth-order valence-corrected chi connectivity index (χ4v) is 2.29. The summed E-state index contributed by atoms with van der Waals surface area (Å²) < 4.78 is 12.8. The molecule has 0 aliphatic rings. The summed E-state index contributed by atoms with van der Waals surface area (Å²) in [4.78, 5) is 24.1. The molecule has 2 N–H and O–H groups in total. The summed E-state index contributed by atoms with van der Waals surface area (Å²) in [5.41, 5.74) is 3.02. The molecule has 4 nitrogen and oxygen atoms in total. The summed E-state index contributed by atoms with van der Waals surface area (Å²) in [6.07, 6.45) is 1.51. The van der Waals surface area contributed by atoms with Gasteiger partial charge in [-0.15, -0.1) is 0 Å². The van der Waals surface area contributed by atoms with E-state index in [1.54, 1.807) is 0 Å². The molecule has 0 aliphatic carbocycles. The van der Waals surface area contributed by atoms with Gasteiger partial charge < -0.3 is 10.6 Å². The molecule has 0 saturated carbocycles. The highest BCUT2D eigenvalue weighted by Gasteiger charge is 2.17. The number of carbonyl (C=O) groups is 2. The van der Waals surface area contributed by atoms with Crippen molar-refractivity contribution in [3.05, 3.63) is 59.4 Å². The van der Waals surface area contributed by atoms with Crippen molar-refractivity contribution in [1.82, 2.24) is 0 Å². The number of amides is 2. The average molecular weight is 314 g/mol. The standard InChI is InChI=1S/C18H19FN2O2/c1-3-12-6-5-7-13(4-2)16(12)21-18(23)17(22)20-15-10-8-14(19)9-11-15/h5-11H,3-4H2,1-2H3,(H,20,22)(H,21,23). The molecule has 0 radical (unpaired) electrons. The number of carbonyl (C=O) groups excluding carboxylic acids is 2. The van der Waals surface area contributed by atoms with Gasteiger partial charge in [-0.2, -0.15) is 0 Å². The van der Waals surface area contributed by atoms with E-state index in [1.807, 2.05) is 32.0 Å². The van der Waals surface area contributed by atoms with Crippen LogP contribution in [-0.4, -0.2) is 11.8 Å². The Hall–Kier alpha value is -2.69. The van der Waals surface area contributed by atoms with E-state index in [1.165, 1.54) is 24.3 Å². The van der Waals surface area contributed by atoms with E-state index in [-0.39, 0.29) is 0 Å². The second-order valence-corrected chi connectivity index (χ2v) is 5.07. The van der Waals surface area contributed by atoms with Crippen molar-refractivity contribution >= 4 is 23.2 Å². The smallest absolute Gasteiger partial charge is 0.314 e. The number of halogens is 1. The van der Waals surface area contributed by atoms with Gasteiger partial charge in [0.05, 0.1) is 0 Å². The second-order valence-electron chi connectivity index (χ2n) is 5.07. The normalized spacial score (nSPS) is 10.2. The van der Waals surface area contributed by atoms with Crippen molar-refractivity contribution in [3.8, 4) is 0 Å². The molecular weight excluding hydrogens is 295 g/mol. The summed E-state index contributed by atoms with van der Waals surface area (Å²) in [5, 5.41) is 5.13. The first-order valence-corrected chi connectivity index (χ1v) is 7.53. The largest absolute Gasteiger partial charge is 0.318 e. The third-order valence-corrected chi connectivity index (χ3v) is 3.55. The summed E-state index contributed by atoms with van der Waals surface area (Å²) in [7, 11) is 0. The lowest BCUT2D eigenvalue weighted by atomic mass is 10.0. The minimum absolute atomic E-state index is 0.367. The van der Waals surface area contributed by atoms with Gasteiger partial charge in [-0.05, 0) is 48.2 Å². The first-order chi connectivity index (χ1) is 11.0. The van der Waals surface area contributed by atoms with Crippen molar-refractivity contribution in [1.29, 1.82) is 0 Å². The predicted molar refractivity (Wildman–Crippen MR) is 88.9 cm³/mol. The van der Waals surface area contributed by atoms with Gasteiger partial charge in [0, 0.05) is 11.4 Å².